The van der Waals surface area contributed by atoms with Gasteiger partial charge in [-0.1, -0.05) is 42.3 Å². The molecule has 1 aromatic heterocycles. The van der Waals surface area contributed by atoms with Gasteiger partial charge in [-0.3, -0.25) is 4.98 Å². The van der Waals surface area contributed by atoms with Crippen LogP contribution in [-0.2, 0) is 19.3 Å². The number of aryl methyl sites for hydroxylation is 3. The van der Waals surface area contributed by atoms with Crippen LogP contribution in [0.15, 0.2) is 36.5 Å². The van der Waals surface area contributed by atoms with E-state index in [2.05, 4.69) is 50.0 Å². The molecule has 106 valence electrons. The third-order valence-corrected chi connectivity index (χ3v) is 3.49. The summed E-state index contributed by atoms with van der Waals surface area (Å²) >= 11 is 0. The molecule has 2 heteroatoms. The van der Waals surface area contributed by atoms with Crippen LogP contribution in [0.2, 0.25) is 0 Å². The molecule has 1 N–H and O–H groups in total. The number of rotatable bonds is 5. The third-order valence-electron chi connectivity index (χ3n) is 3.49. The molecule has 1 aromatic carbocycles. The van der Waals surface area contributed by atoms with E-state index < -0.39 is 0 Å². The minimum Gasteiger partial charge on any atom is -0.392 e. The van der Waals surface area contributed by atoms with Crippen LogP contribution in [0.3, 0.4) is 0 Å². The fourth-order valence-corrected chi connectivity index (χ4v) is 2.56. The first kappa shape index (κ1) is 14.7. The van der Waals surface area contributed by atoms with Gasteiger partial charge in [0.25, 0.3) is 0 Å². The molecule has 1 atom stereocenters. The van der Waals surface area contributed by atoms with E-state index in [-0.39, 0.29) is 6.10 Å². The van der Waals surface area contributed by atoms with Crippen LogP contribution in [0.4, 0.5) is 0 Å². The van der Waals surface area contributed by atoms with Gasteiger partial charge >= 0.3 is 0 Å². The average molecular weight is 269 g/mol. The Morgan fingerprint density at radius 2 is 1.70 bits per heavy atom. The van der Waals surface area contributed by atoms with E-state index in [0.29, 0.717) is 12.8 Å². The van der Waals surface area contributed by atoms with Gasteiger partial charge in [-0.25, -0.2) is 0 Å². The lowest BCUT2D eigenvalue weighted by atomic mass is 10.00. The zero-order valence-electron chi connectivity index (χ0n) is 12.6. The number of aromatic nitrogens is 1. The molecule has 2 rings (SSSR count). The lowest BCUT2D eigenvalue weighted by molar-refractivity contribution is 0.174. The Morgan fingerprint density at radius 3 is 2.25 bits per heavy atom. The minimum atomic E-state index is -0.379. The Morgan fingerprint density at radius 1 is 1.00 bits per heavy atom. The maximum Gasteiger partial charge on any atom is 0.0635 e. The number of aliphatic hydroxyl groups excluding tert-OH is 1. The number of nitrogens with zero attached hydrogens (tertiary/aromatic N) is 1. The number of aliphatic hydroxyl groups is 1. The van der Waals surface area contributed by atoms with Gasteiger partial charge in [0.2, 0.25) is 0 Å². The second kappa shape index (κ2) is 6.67. The Bertz CT molecular complexity index is 540. The summed E-state index contributed by atoms with van der Waals surface area (Å²) in [4.78, 5) is 4.41. The number of benzene rings is 1. The summed E-state index contributed by atoms with van der Waals surface area (Å²) < 4.78 is 0. The topological polar surface area (TPSA) is 33.1 Å². The molecule has 0 aliphatic heterocycles. The van der Waals surface area contributed by atoms with Crippen LogP contribution in [0, 0.1) is 13.8 Å². The number of hydrogen-bond donors (Lipinski definition) is 1. The predicted octanol–water partition coefficient (Wildman–Crippen LogP) is 3.41. The van der Waals surface area contributed by atoms with Gasteiger partial charge < -0.3 is 5.11 Å². The van der Waals surface area contributed by atoms with Gasteiger partial charge in [-0.05, 0) is 43.9 Å². The maximum absolute atomic E-state index is 10.2. The van der Waals surface area contributed by atoms with Crippen LogP contribution in [0.25, 0.3) is 0 Å². The van der Waals surface area contributed by atoms with Gasteiger partial charge in [0.05, 0.1) is 6.10 Å². The summed E-state index contributed by atoms with van der Waals surface area (Å²) in [5, 5.41) is 10.2. The van der Waals surface area contributed by atoms with Crippen LogP contribution >= 0.6 is 0 Å². The smallest absolute Gasteiger partial charge is 0.0635 e. The normalized spacial score (nSPS) is 12.4. The van der Waals surface area contributed by atoms with Gasteiger partial charge in [-0.15, -0.1) is 0 Å². The van der Waals surface area contributed by atoms with Crippen molar-refractivity contribution in [3.05, 3.63) is 64.5 Å². The van der Waals surface area contributed by atoms with E-state index in [9.17, 15) is 5.11 Å². The molecule has 0 saturated carbocycles. The molecule has 0 bridgehead atoms. The van der Waals surface area contributed by atoms with E-state index in [1.165, 1.54) is 22.3 Å². The van der Waals surface area contributed by atoms with Crippen LogP contribution in [-0.4, -0.2) is 16.2 Å². The first-order valence-corrected chi connectivity index (χ1v) is 7.26. The summed E-state index contributed by atoms with van der Waals surface area (Å²) in [6.45, 7) is 6.30. The number of pyridine rings is 1. The Hall–Kier alpha value is -1.67. The summed E-state index contributed by atoms with van der Waals surface area (Å²) in [5.74, 6) is 0. The van der Waals surface area contributed by atoms with Crippen molar-refractivity contribution in [2.75, 3.05) is 0 Å². The van der Waals surface area contributed by atoms with E-state index >= 15 is 0 Å². The predicted molar refractivity (Wildman–Crippen MR) is 82.9 cm³/mol. The molecule has 0 amide bonds. The Balaban J connectivity index is 1.98. The molecule has 0 spiro atoms. The van der Waals surface area contributed by atoms with Gasteiger partial charge in [0.1, 0.15) is 0 Å². The zero-order valence-corrected chi connectivity index (χ0v) is 12.6. The van der Waals surface area contributed by atoms with Crippen LogP contribution in [0.5, 0.6) is 0 Å². The van der Waals surface area contributed by atoms with E-state index in [1.54, 1.807) is 0 Å². The van der Waals surface area contributed by atoms with Crippen molar-refractivity contribution in [3.63, 3.8) is 0 Å². The molecule has 0 aliphatic rings. The van der Waals surface area contributed by atoms with Gasteiger partial charge in [0.15, 0.2) is 0 Å². The highest BCUT2D eigenvalue weighted by Crippen LogP contribution is 2.13. The maximum atomic E-state index is 10.2. The highest BCUT2D eigenvalue weighted by atomic mass is 16.3. The average Bonchev–Trinajstić information content (AvgIpc) is 2.38. The van der Waals surface area contributed by atoms with Crippen molar-refractivity contribution in [2.24, 2.45) is 0 Å². The van der Waals surface area contributed by atoms with Crippen molar-refractivity contribution in [3.8, 4) is 0 Å². The molecule has 20 heavy (non-hydrogen) atoms. The molecule has 0 aliphatic carbocycles. The lowest BCUT2D eigenvalue weighted by Gasteiger charge is -2.12. The molecular weight excluding hydrogens is 246 g/mol. The van der Waals surface area contributed by atoms with Gasteiger partial charge in [0, 0.05) is 18.3 Å². The second-order valence-electron chi connectivity index (χ2n) is 5.57. The summed E-state index contributed by atoms with van der Waals surface area (Å²) in [6.07, 6.45) is 3.81. The fourth-order valence-electron chi connectivity index (χ4n) is 2.56. The van der Waals surface area contributed by atoms with Crippen LogP contribution in [0.1, 0.15) is 34.9 Å². The summed E-state index contributed by atoms with van der Waals surface area (Å²) in [7, 11) is 0. The van der Waals surface area contributed by atoms with Gasteiger partial charge in [-0.2, -0.15) is 0 Å². The molecular formula is C18H23NO. The molecule has 0 fully saturated rings. The molecule has 1 unspecified atom stereocenters. The molecule has 2 aromatic rings. The Kier molecular flexibility index (Phi) is 4.91. The van der Waals surface area contributed by atoms with Crippen molar-refractivity contribution in [1.29, 1.82) is 0 Å². The van der Waals surface area contributed by atoms with E-state index in [0.717, 1.165) is 12.1 Å². The van der Waals surface area contributed by atoms with Crippen molar-refractivity contribution in [2.45, 2.75) is 46.1 Å². The fraction of sp³-hybridized carbons (Fsp3) is 0.389. The van der Waals surface area contributed by atoms with Crippen molar-refractivity contribution < 1.29 is 5.11 Å². The first-order chi connectivity index (χ1) is 9.56. The van der Waals surface area contributed by atoms with Crippen molar-refractivity contribution >= 4 is 0 Å². The highest BCUT2D eigenvalue weighted by molar-refractivity contribution is 5.29. The zero-order chi connectivity index (χ0) is 14.5. The minimum absolute atomic E-state index is 0.379. The quantitative estimate of drug-likeness (QED) is 0.902. The highest BCUT2D eigenvalue weighted by Gasteiger charge is 2.08. The van der Waals surface area contributed by atoms with Crippen LogP contribution < -0.4 is 0 Å². The molecule has 1 heterocycles. The Labute approximate surface area is 121 Å². The molecule has 0 saturated heterocycles. The molecule has 0 radical (unpaired) electrons. The monoisotopic (exact) mass is 269 g/mol. The lowest BCUT2D eigenvalue weighted by Crippen LogP contribution is -2.15. The summed E-state index contributed by atoms with van der Waals surface area (Å²) in [5.41, 5.74) is 5.88. The number of hydrogen-bond acceptors (Lipinski definition) is 2. The summed E-state index contributed by atoms with van der Waals surface area (Å²) in [6, 6.07) is 10.5. The van der Waals surface area contributed by atoms with E-state index in [4.69, 9.17) is 0 Å². The second-order valence-corrected chi connectivity index (χ2v) is 5.57. The van der Waals surface area contributed by atoms with Crippen molar-refractivity contribution in [1.82, 2.24) is 4.98 Å². The third kappa shape index (κ3) is 4.17. The van der Waals surface area contributed by atoms with E-state index in [1.807, 2.05) is 12.3 Å². The first-order valence-electron chi connectivity index (χ1n) is 7.26. The largest absolute Gasteiger partial charge is 0.392 e. The SMILES string of the molecule is CCc1ccc(CC(O)Cc2cc(C)cc(C)c2)nc1. The standard InChI is InChI=1S/C18H23NO/c1-4-15-5-6-17(19-12-15)11-18(20)10-16-8-13(2)7-14(3)9-16/h5-9,12,18,20H,4,10-11H2,1-3H3. The molecule has 2 nitrogen and oxygen atoms in total.